The van der Waals surface area contributed by atoms with Crippen LogP contribution in [0.5, 0.6) is 11.5 Å². The van der Waals surface area contributed by atoms with Crippen molar-refractivity contribution in [3.63, 3.8) is 0 Å². The van der Waals surface area contributed by atoms with E-state index in [4.69, 9.17) is 9.47 Å². The lowest BCUT2D eigenvalue weighted by atomic mass is 9.81. The van der Waals surface area contributed by atoms with Crippen LogP contribution >= 0.6 is 0 Å². The van der Waals surface area contributed by atoms with Crippen molar-refractivity contribution in [2.75, 3.05) is 24.7 Å². The summed E-state index contributed by atoms with van der Waals surface area (Å²) in [5.74, 6) is 1.17. The third-order valence-electron chi connectivity index (χ3n) is 6.54. The molecule has 0 radical (unpaired) electrons. The van der Waals surface area contributed by atoms with E-state index >= 15 is 0 Å². The van der Waals surface area contributed by atoms with Crippen molar-refractivity contribution < 1.29 is 18.3 Å². The quantitative estimate of drug-likeness (QED) is 0.644. The summed E-state index contributed by atoms with van der Waals surface area (Å²) in [5.41, 5.74) is 11.0. The Morgan fingerprint density at radius 3 is 2.38 bits per heavy atom. The van der Waals surface area contributed by atoms with Crippen molar-refractivity contribution in [3.8, 4) is 11.5 Å². The van der Waals surface area contributed by atoms with E-state index in [9.17, 15) is 8.78 Å². The number of benzene rings is 3. The molecule has 0 aliphatic carbocycles. The van der Waals surface area contributed by atoms with E-state index in [2.05, 4.69) is 21.8 Å². The molecule has 3 atom stereocenters. The van der Waals surface area contributed by atoms with Crippen LogP contribution in [0, 0.1) is 17.6 Å². The topological polar surface area (TPSA) is 45.8 Å². The number of halogens is 2. The minimum Gasteiger partial charge on any atom is -0.486 e. The average Bonchev–Trinajstić information content (AvgIpc) is 3.23. The van der Waals surface area contributed by atoms with Crippen LogP contribution in [0.3, 0.4) is 0 Å². The molecular formula is C25H23F2N3O2. The van der Waals surface area contributed by atoms with Gasteiger partial charge < -0.3 is 14.4 Å². The van der Waals surface area contributed by atoms with E-state index in [1.54, 1.807) is 12.1 Å². The van der Waals surface area contributed by atoms with Gasteiger partial charge in [-0.1, -0.05) is 24.3 Å². The summed E-state index contributed by atoms with van der Waals surface area (Å²) in [7, 11) is 0. The number of hydrogen-bond acceptors (Lipinski definition) is 5. The maximum atomic E-state index is 13.9. The molecule has 0 saturated carbocycles. The predicted molar refractivity (Wildman–Crippen MR) is 117 cm³/mol. The molecule has 3 aliphatic heterocycles. The summed E-state index contributed by atoms with van der Waals surface area (Å²) in [6, 6.07) is 17.5. The monoisotopic (exact) mass is 435 g/mol. The summed E-state index contributed by atoms with van der Waals surface area (Å²) in [5, 5.41) is 0. The maximum absolute atomic E-state index is 13.9. The number of hydrazine groups is 1. The van der Waals surface area contributed by atoms with Crippen LogP contribution in [0.1, 0.15) is 28.8 Å². The van der Waals surface area contributed by atoms with Crippen LogP contribution in [0.25, 0.3) is 0 Å². The lowest BCUT2D eigenvalue weighted by Crippen LogP contribution is -2.39. The molecule has 0 amide bonds. The van der Waals surface area contributed by atoms with E-state index in [0.717, 1.165) is 40.4 Å². The molecule has 1 fully saturated rings. The molecule has 3 aromatic rings. The lowest BCUT2D eigenvalue weighted by molar-refractivity contribution is 0.171. The van der Waals surface area contributed by atoms with Crippen molar-refractivity contribution in [3.05, 3.63) is 89.0 Å². The van der Waals surface area contributed by atoms with Gasteiger partial charge in [-0.2, -0.15) is 0 Å². The van der Waals surface area contributed by atoms with Gasteiger partial charge in [0.1, 0.15) is 24.8 Å². The SMILES string of the molecule is Fc1ccc(C2NNC3c4cc5c(cc4N(Cc4cccc(F)c4)CC23)OCCO5)cc1. The molecule has 6 rings (SSSR count). The van der Waals surface area contributed by atoms with Gasteiger partial charge >= 0.3 is 0 Å². The van der Waals surface area contributed by atoms with Crippen molar-refractivity contribution in [1.82, 2.24) is 10.9 Å². The fourth-order valence-corrected chi connectivity index (χ4v) is 5.08. The Bertz CT molecular complexity index is 1150. The molecule has 32 heavy (non-hydrogen) atoms. The van der Waals surface area contributed by atoms with Gasteiger partial charge in [0, 0.05) is 30.8 Å². The molecule has 0 aromatic heterocycles. The van der Waals surface area contributed by atoms with Crippen LogP contribution in [-0.2, 0) is 6.54 Å². The second kappa shape index (κ2) is 7.76. The zero-order valence-corrected chi connectivity index (χ0v) is 17.4. The Labute approximate surface area is 184 Å². The number of fused-ring (bicyclic) bond motifs is 4. The van der Waals surface area contributed by atoms with E-state index in [-0.39, 0.29) is 29.6 Å². The Morgan fingerprint density at radius 1 is 0.844 bits per heavy atom. The summed E-state index contributed by atoms with van der Waals surface area (Å²) in [6.07, 6.45) is 0. The Morgan fingerprint density at radius 2 is 1.59 bits per heavy atom. The molecule has 3 aliphatic rings. The summed E-state index contributed by atoms with van der Waals surface area (Å²) < 4.78 is 39.1. The largest absolute Gasteiger partial charge is 0.486 e. The molecular weight excluding hydrogens is 412 g/mol. The van der Waals surface area contributed by atoms with Gasteiger partial charge in [0.2, 0.25) is 0 Å². The molecule has 3 unspecified atom stereocenters. The highest BCUT2D eigenvalue weighted by Crippen LogP contribution is 2.49. The normalized spacial score (nSPS) is 23.6. The fraction of sp³-hybridized carbons (Fsp3) is 0.280. The third kappa shape index (κ3) is 3.38. The smallest absolute Gasteiger partial charge is 0.163 e. The Balaban J connectivity index is 1.41. The van der Waals surface area contributed by atoms with Gasteiger partial charge in [-0.3, -0.25) is 0 Å². The summed E-state index contributed by atoms with van der Waals surface area (Å²) in [4.78, 5) is 2.27. The van der Waals surface area contributed by atoms with E-state index < -0.39 is 0 Å². The second-order valence-electron chi connectivity index (χ2n) is 8.52. The minimum atomic E-state index is -0.248. The molecule has 164 valence electrons. The molecule has 0 bridgehead atoms. The van der Waals surface area contributed by atoms with Gasteiger partial charge in [-0.25, -0.2) is 19.6 Å². The van der Waals surface area contributed by atoms with Gasteiger partial charge in [0.15, 0.2) is 11.5 Å². The van der Waals surface area contributed by atoms with Gasteiger partial charge in [-0.05, 0) is 47.0 Å². The predicted octanol–water partition coefficient (Wildman–Crippen LogP) is 4.26. The molecule has 2 N–H and O–H groups in total. The maximum Gasteiger partial charge on any atom is 0.163 e. The Hall–Kier alpha value is -3.16. The Kier molecular flexibility index (Phi) is 4.73. The number of nitrogens with zero attached hydrogens (tertiary/aromatic N) is 1. The molecule has 3 heterocycles. The number of rotatable bonds is 3. The number of nitrogens with one attached hydrogen (secondary N) is 2. The number of anilines is 1. The van der Waals surface area contributed by atoms with Crippen LogP contribution in [0.2, 0.25) is 0 Å². The molecule has 3 aromatic carbocycles. The molecule has 7 heteroatoms. The standard InChI is InChI=1S/C25H23F2N3O2/c26-17-6-4-16(5-7-17)24-20-14-30(13-15-2-1-3-18(27)10-15)21-12-23-22(31-8-9-32-23)11-19(21)25(20)29-28-24/h1-7,10-12,20,24-25,28-29H,8-9,13-14H2. The first-order valence-electron chi connectivity index (χ1n) is 10.9. The summed E-state index contributed by atoms with van der Waals surface area (Å²) >= 11 is 0. The van der Waals surface area contributed by atoms with Gasteiger partial charge in [0.25, 0.3) is 0 Å². The lowest BCUT2D eigenvalue weighted by Gasteiger charge is -2.40. The minimum absolute atomic E-state index is 0.0111. The summed E-state index contributed by atoms with van der Waals surface area (Å²) in [6.45, 7) is 2.37. The van der Waals surface area contributed by atoms with Gasteiger partial charge in [-0.15, -0.1) is 0 Å². The first kappa shape index (κ1) is 19.5. The average molecular weight is 435 g/mol. The van der Waals surface area contributed by atoms with Crippen LogP contribution in [0.15, 0.2) is 60.7 Å². The van der Waals surface area contributed by atoms with Crippen LogP contribution in [-0.4, -0.2) is 19.8 Å². The van der Waals surface area contributed by atoms with Gasteiger partial charge in [0.05, 0.1) is 12.1 Å². The van der Waals surface area contributed by atoms with Crippen LogP contribution < -0.4 is 25.2 Å². The molecule has 5 nitrogen and oxygen atoms in total. The second-order valence-corrected chi connectivity index (χ2v) is 8.52. The first-order chi connectivity index (χ1) is 15.7. The molecule has 0 spiro atoms. The van der Waals surface area contributed by atoms with E-state index in [1.807, 2.05) is 24.3 Å². The number of ether oxygens (including phenoxy) is 2. The third-order valence-corrected chi connectivity index (χ3v) is 6.54. The zero-order chi connectivity index (χ0) is 21.7. The van der Waals surface area contributed by atoms with Crippen molar-refractivity contribution in [2.45, 2.75) is 18.6 Å². The van der Waals surface area contributed by atoms with Crippen LogP contribution in [0.4, 0.5) is 14.5 Å². The van der Waals surface area contributed by atoms with E-state index in [1.165, 1.54) is 18.2 Å². The zero-order valence-electron chi connectivity index (χ0n) is 17.4. The highest BCUT2D eigenvalue weighted by Gasteiger charge is 2.44. The van der Waals surface area contributed by atoms with Crippen molar-refractivity contribution in [1.29, 1.82) is 0 Å². The van der Waals surface area contributed by atoms with Crippen molar-refractivity contribution in [2.24, 2.45) is 5.92 Å². The van der Waals surface area contributed by atoms with E-state index in [0.29, 0.717) is 19.8 Å². The van der Waals surface area contributed by atoms with Crippen molar-refractivity contribution >= 4 is 5.69 Å². The molecule has 1 saturated heterocycles. The highest BCUT2D eigenvalue weighted by atomic mass is 19.1. The first-order valence-corrected chi connectivity index (χ1v) is 10.9. The number of hydrogen-bond donors (Lipinski definition) is 2. The highest BCUT2D eigenvalue weighted by molar-refractivity contribution is 5.65. The fourth-order valence-electron chi connectivity index (χ4n) is 5.08.